The van der Waals surface area contributed by atoms with Crippen molar-refractivity contribution in [1.82, 2.24) is 4.90 Å². The third-order valence-corrected chi connectivity index (χ3v) is 5.62. The van der Waals surface area contributed by atoms with Crippen molar-refractivity contribution in [3.8, 4) is 5.75 Å². The molecule has 4 heteroatoms. The van der Waals surface area contributed by atoms with Crippen LogP contribution in [0.15, 0.2) is 24.3 Å². The lowest BCUT2D eigenvalue weighted by atomic mass is 9.86. The van der Waals surface area contributed by atoms with Crippen molar-refractivity contribution in [3.05, 3.63) is 29.8 Å². The van der Waals surface area contributed by atoms with Gasteiger partial charge in [0.15, 0.2) is 0 Å². The summed E-state index contributed by atoms with van der Waals surface area (Å²) in [6.45, 7) is 6.26. The molecule has 1 aromatic carbocycles. The molecule has 0 atom stereocenters. The molecule has 1 amide bonds. The first-order chi connectivity index (χ1) is 11.2. The molecule has 1 aromatic rings. The number of hydrogen-bond acceptors (Lipinski definition) is 2. The molecule has 126 valence electrons. The molecule has 1 heterocycles. The number of para-hydroxylation sites is 1. The van der Waals surface area contributed by atoms with Gasteiger partial charge in [-0.25, -0.2) is 0 Å². The number of amides is 1. The molecule has 23 heavy (non-hydrogen) atoms. The minimum atomic E-state index is 0.110. The second kappa shape index (κ2) is 7.35. The molecule has 1 N–H and O–H groups in total. The highest BCUT2D eigenvalue weighted by Crippen LogP contribution is 2.22. The topological polar surface area (TPSA) is 34.0 Å². The maximum absolute atomic E-state index is 12.7. The van der Waals surface area contributed by atoms with E-state index in [1.54, 1.807) is 12.0 Å². The summed E-state index contributed by atoms with van der Waals surface area (Å²) in [6.07, 6.45) is 5.46. The largest absolute Gasteiger partial charge is 0.496 e. The number of hydrogen-bond donors (Lipinski definition) is 1. The number of ether oxygens (including phenoxy) is 1. The molecular weight excluding hydrogens is 288 g/mol. The van der Waals surface area contributed by atoms with Gasteiger partial charge < -0.3 is 14.5 Å². The van der Waals surface area contributed by atoms with E-state index in [9.17, 15) is 4.79 Å². The van der Waals surface area contributed by atoms with Crippen LogP contribution in [0, 0.1) is 5.92 Å². The van der Waals surface area contributed by atoms with E-state index in [0.29, 0.717) is 11.3 Å². The normalized spacial score (nSPS) is 26.1. The van der Waals surface area contributed by atoms with Crippen LogP contribution in [-0.4, -0.2) is 50.1 Å². The maximum Gasteiger partial charge on any atom is 0.258 e. The summed E-state index contributed by atoms with van der Waals surface area (Å²) in [6, 6.07) is 8.35. The summed E-state index contributed by atoms with van der Waals surface area (Å²) < 4.78 is 5.33. The zero-order valence-electron chi connectivity index (χ0n) is 14.4. The predicted octanol–water partition coefficient (Wildman–Crippen LogP) is 1.61. The Morgan fingerprint density at radius 2 is 1.78 bits per heavy atom. The Bertz CT molecular complexity index is 530. The van der Waals surface area contributed by atoms with Gasteiger partial charge in [0.05, 0.1) is 44.9 Å². The fraction of sp³-hybridized carbons (Fsp3) is 0.632. The summed E-state index contributed by atoms with van der Waals surface area (Å²) in [7, 11) is 1.62. The van der Waals surface area contributed by atoms with E-state index in [0.717, 1.165) is 38.1 Å². The van der Waals surface area contributed by atoms with E-state index in [1.807, 2.05) is 29.2 Å². The van der Waals surface area contributed by atoms with E-state index < -0.39 is 0 Å². The quantitative estimate of drug-likeness (QED) is 0.919. The summed E-state index contributed by atoms with van der Waals surface area (Å²) in [5.74, 6) is 1.69. The number of nitrogens with zero attached hydrogens (tertiary/aromatic N) is 1. The number of nitrogens with one attached hydrogen (secondary N) is 1. The number of rotatable bonds is 3. The van der Waals surface area contributed by atoms with Crippen molar-refractivity contribution in [2.45, 2.75) is 38.6 Å². The van der Waals surface area contributed by atoms with E-state index in [1.165, 1.54) is 25.7 Å². The molecule has 1 saturated carbocycles. The number of carbonyl (C=O) groups excluding carboxylic acids is 1. The average Bonchev–Trinajstić information content (AvgIpc) is 2.62. The third kappa shape index (κ3) is 3.69. The molecule has 0 aromatic heterocycles. The van der Waals surface area contributed by atoms with Gasteiger partial charge in [-0.3, -0.25) is 4.79 Å². The van der Waals surface area contributed by atoms with Gasteiger partial charge in [-0.1, -0.05) is 19.1 Å². The van der Waals surface area contributed by atoms with Gasteiger partial charge in [-0.15, -0.1) is 0 Å². The van der Waals surface area contributed by atoms with Crippen molar-refractivity contribution in [3.63, 3.8) is 0 Å². The predicted molar refractivity (Wildman–Crippen MR) is 91.0 cm³/mol. The Morgan fingerprint density at radius 1 is 1.13 bits per heavy atom. The molecule has 3 rings (SSSR count). The highest BCUT2D eigenvalue weighted by atomic mass is 16.5. The standard InChI is InChI=1S/C19H28N2O2/c1-15-7-9-16(10-8-15)20-11-13-21(14-12-20)19(22)17-5-3-4-6-18(17)23-2/h3-6,15-16H,7-14H2,1-2H3/p+1. The summed E-state index contributed by atoms with van der Waals surface area (Å²) in [4.78, 5) is 16.4. The second-order valence-corrected chi connectivity index (χ2v) is 7.11. The lowest BCUT2D eigenvalue weighted by molar-refractivity contribution is -0.930. The van der Waals surface area contributed by atoms with Crippen LogP contribution in [0.4, 0.5) is 0 Å². The van der Waals surface area contributed by atoms with Crippen LogP contribution >= 0.6 is 0 Å². The van der Waals surface area contributed by atoms with Gasteiger partial charge in [0.2, 0.25) is 0 Å². The minimum Gasteiger partial charge on any atom is -0.496 e. The molecule has 2 aliphatic rings. The van der Waals surface area contributed by atoms with Gasteiger partial charge in [0.1, 0.15) is 5.75 Å². The number of carbonyl (C=O) groups is 1. The summed E-state index contributed by atoms with van der Waals surface area (Å²) in [5, 5.41) is 0. The van der Waals surface area contributed by atoms with Crippen LogP contribution < -0.4 is 9.64 Å². The lowest BCUT2D eigenvalue weighted by Crippen LogP contribution is -3.18. The summed E-state index contributed by atoms with van der Waals surface area (Å²) in [5.41, 5.74) is 0.685. The maximum atomic E-state index is 12.7. The Morgan fingerprint density at radius 3 is 2.43 bits per heavy atom. The molecule has 0 bridgehead atoms. The first-order valence-electron chi connectivity index (χ1n) is 8.96. The summed E-state index contributed by atoms with van der Waals surface area (Å²) >= 11 is 0. The number of methoxy groups -OCH3 is 1. The van der Waals surface area contributed by atoms with Crippen LogP contribution in [0.1, 0.15) is 43.0 Å². The molecule has 0 spiro atoms. The van der Waals surface area contributed by atoms with Gasteiger partial charge in [-0.2, -0.15) is 0 Å². The zero-order chi connectivity index (χ0) is 16.2. The van der Waals surface area contributed by atoms with Crippen molar-refractivity contribution >= 4 is 5.91 Å². The van der Waals surface area contributed by atoms with Gasteiger partial charge in [0, 0.05) is 0 Å². The Kier molecular flexibility index (Phi) is 5.21. The fourth-order valence-electron chi connectivity index (χ4n) is 4.07. The molecule has 1 saturated heterocycles. The first-order valence-corrected chi connectivity index (χ1v) is 8.96. The van der Waals surface area contributed by atoms with Crippen molar-refractivity contribution < 1.29 is 14.4 Å². The lowest BCUT2D eigenvalue weighted by Gasteiger charge is -2.39. The van der Waals surface area contributed by atoms with Crippen LogP contribution in [0.3, 0.4) is 0 Å². The molecule has 1 aliphatic carbocycles. The zero-order valence-corrected chi connectivity index (χ0v) is 14.4. The second-order valence-electron chi connectivity index (χ2n) is 7.11. The molecule has 2 fully saturated rings. The molecule has 0 radical (unpaired) electrons. The van der Waals surface area contributed by atoms with Crippen LogP contribution in [0.5, 0.6) is 5.75 Å². The SMILES string of the molecule is COc1ccccc1C(=O)N1CC[NH+](C2CCC(C)CC2)CC1. The van der Waals surface area contributed by atoms with Crippen LogP contribution in [0.25, 0.3) is 0 Å². The Balaban J connectivity index is 1.57. The first kappa shape index (κ1) is 16.3. The Hall–Kier alpha value is -1.55. The Labute approximate surface area is 139 Å². The van der Waals surface area contributed by atoms with E-state index in [-0.39, 0.29) is 5.91 Å². The monoisotopic (exact) mass is 317 g/mol. The highest BCUT2D eigenvalue weighted by molar-refractivity contribution is 5.97. The average molecular weight is 317 g/mol. The number of quaternary nitrogens is 1. The van der Waals surface area contributed by atoms with Gasteiger partial charge in [0.25, 0.3) is 5.91 Å². The molecule has 0 unspecified atom stereocenters. The van der Waals surface area contributed by atoms with Crippen molar-refractivity contribution in [1.29, 1.82) is 0 Å². The molecule has 1 aliphatic heterocycles. The smallest absolute Gasteiger partial charge is 0.258 e. The third-order valence-electron chi connectivity index (χ3n) is 5.62. The molecule has 4 nitrogen and oxygen atoms in total. The highest BCUT2D eigenvalue weighted by Gasteiger charge is 2.32. The minimum absolute atomic E-state index is 0.110. The van der Waals surface area contributed by atoms with Crippen molar-refractivity contribution in [2.24, 2.45) is 5.92 Å². The number of piperazine rings is 1. The fourth-order valence-corrected chi connectivity index (χ4v) is 4.07. The van der Waals surface area contributed by atoms with E-state index in [4.69, 9.17) is 4.74 Å². The van der Waals surface area contributed by atoms with Crippen LogP contribution in [-0.2, 0) is 0 Å². The number of benzene rings is 1. The van der Waals surface area contributed by atoms with Crippen molar-refractivity contribution in [2.75, 3.05) is 33.3 Å². The van der Waals surface area contributed by atoms with E-state index in [2.05, 4.69) is 6.92 Å². The van der Waals surface area contributed by atoms with Gasteiger partial charge >= 0.3 is 0 Å². The molecular formula is C19H29N2O2+. The van der Waals surface area contributed by atoms with E-state index >= 15 is 0 Å². The van der Waals surface area contributed by atoms with Crippen LogP contribution in [0.2, 0.25) is 0 Å². The van der Waals surface area contributed by atoms with Gasteiger partial charge in [-0.05, 0) is 43.7 Å².